The summed E-state index contributed by atoms with van der Waals surface area (Å²) in [6.07, 6.45) is 1.53. The molecule has 1 aromatic heterocycles. The summed E-state index contributed by atoms with van der Waals surface area (Å²) in [7, 11) is 0. The molecule has 1 saturated heterocycles. The van der Waals surface area contributed by atoms with E-state index < -0.39 is 5.60 Å². The third-order valence-corrected chi connectivity index (χ3v) is 4.86. The molecule has 6 heteroatoms. The molecule has 1 atom stereocenters. The minimum absolute atomic E-state index is 0.0880. The SMILES string of the molecule is Cc1cc(C(=O)N2CCCC(O)(CO)CC2)c2cc(Cl)ccc2n1. The highest BCUT2D eigenvalue weighted by Crippen LogP contribution is 2.26. The van der Waals surface area contributed by atoms with E-state index in [1.807, 2.05) is 13.0 Å². The number of aryl methyl sites for hydroxylation is 1. The lowest BCUT2D eigenvalue weighted by Gasteiger charge is -2.24. The van der Waals surface area contributed by atoms with E-state index in [9.17, 15) is 15.0 Å². The van der Waals surface area contributed by atoms with E-state index in [-0.39, 0.29) is 12.5 Å². The van der Waals surface area contributed by atoms with Crippen molar-refractivity contribution in [1.29, 1.82) is 0 Å². The van der Waals surface area contributed by atoms with Gasteiger partial charge in [-0.05, 0) is 50.5 Å². The van der Waals surface area contributed by atoms with Crippen molar-refractivity contribution in [2.45, 2.75) is 31.8 Å². The minimum Gasteiger partial charge on any atom is -0.393 e. The summed E-state index contributed by atoms with van der Waals surface area (Å²) in [5, 5.41) is 20.9. The Morgan fingerprint density at radius 1 is 1.33 bits per heavy atom. The van der Waals surface area contributed by atoms with Crippen molar-refractivity contribution in [3.8, 4) is 0 Å². The first kappa shape index (κ1) is 17.1. The van der Waals surface area contributed by atoms with Crippen LogP contribution in [0.5, 0.6) is 0 Å². The molecule has 1 amide bonds. The molecule has 128 valence electrons. The number of likely N-dealkylation sites (tertiary alicyclic amines) is 1. The first-order valence-electron chi connectivity index (χ1n) is 8.11. The summed E-state index contributed by atoms with van der Waals surface area (Å²) in [6.45, 7) is 2.56. The lowest BCUT2D eigenvalue weighted by atomic mass is 9.96. The van der Waals surface area contributed by atoms with Crippen LogP contribution in [0.25, 0.3) is 10.9 Å². The number of nitrogens with zero attached hydrogens (tertiary/aromatic N) is 2. The van der Waals surface area contributed by atoms with Crippen LogP contribution in [-0.2, 0) is 0 Å². The zero-order chi connectivity index (χ0) is 17.3. The third kappa shape index (κ3) is 3.38. The Hall–Kier alpha value is -1.69. The van der Waals surface area contributed by atoms with Crippen molar-refractivity contribution in [3.63, 3.8) is 0 Å². The maximum absolute atomic E-state index is 13.0. The number of aromatic nitrogens is 1. The van der Waals surface area contributed by atoms with Gasteiger partial charge < -0.3 is 15.1 Å². The van der Waals surface area contributed by atoms with Crippen molar-refractivity contribution >= 4 is 28.4 Å². The van der Waals surface area contributed by atoms with Gasteiger partial charge in [0.2, 0.25) is 0 Å². The molecular weight excluding hydrogens is 328 g/mol. The molecule has 0 spiro atoms. The van der Waals surface area contributed by atoms with Crippen molar-refractivity contribution < 1.29 is 15.0 Å². The highest BCUT2D eigenvalue weighted by atomic mass is 35.5. The van der Waals surface area contributed by atoms with Gasteiger partial charge in [0.05, 0.1) is 23.3 Å². The number of hydrogen-bond acceptors (Lipinski definition) is 4. The fourth-order valence-corrected chi connectivity index (χ4v) is 3.39. The zero-order valence-corrected chi connectivity index (χ0v) is 14.4. The van der Waals surface area contributed by atoms with Crippen LogP contribution in [-0.4, -0.2) is 51.3 Å². The molecule has 0 saturated carbocycles. The number of halogens is 1. The number of amides is 1. The number of aliphatic hydroxyl groups excluding tert-OH is 1. The molecule has 1 aliphatic heterocycles. The summed E-state index contributed by atoms with van der Waals surface area (Å²) < 4.78 is 0. The van der Waals surface area contributed by atoms with E-state index >= 15 is 0 Å². The average Bonchev–Trinajstić information content (AvgIpc) is 2.76. The number of fused-ring (bicyclic) bond motifs is 1. The first-order valence-corrected chi connectivity index (χ1v) is 8.49. The summed E-state index contributed by atoms with van der Waals surface area (Å²) in [4.78, 5) is 19.2. The van der Waals surface area contributed by atoms with Crippen LogP contribution >= 0.6 is 11.6 Å². The van der Waals surface area contributed by atoms with E-state index in [0.29, 0.717) is 42.9 Å². The molecule has 24 heavy (non-hydrogen) atoms. The van der Waals surface area contributed by atoms with Crippen LogP contribution in [0.1, 0.15) is 35.3 Å². The monoisotopic (exact) mass is 348 g/mol. The summed E-state index contributed by atoms with van der Waals surface area (Å²) in [5.74, 6) is -0.0880. The second kappa shape index (κ2) is 6.67. The fraction of sp³-hybridized carbons (Fsp3) is 0.444. The van der Waals surface area contributed by atoms with Gasteiger partial charge in [-0.2, -0.15) is 0 Å². The lowest BCUT2D eigenvalue weighted by molar-refractivity contribution is -0.0250. The maximum Gasteiger partial charge on any atom is 0.254 e. The van der Waals surface area contributed by atoms with Gasteiger partial charge in [-0.25, -0.2) is 0 Å². The van der Waals surface area contributed by atoms with E-state index in [2.05, 4.69) is 4.98 Å². The number of aliphatic hydroxyl groups is 2. The molecule has 1 unspecified atom stereocenters. The molecule has 3 rings (SSSR count). The molecule has 0 radical (unpaired) electrons. The molecule has 1 aliphatic rings. The Labute approximate surface area is 145 Å². The predicted molar refractivity (Wildman–Crippen MR) is 93.3 cm³/mol. The standard InChI is InChI=1S/C18H21ClN2O3/c1-12-9-15(14-10-13(19)3-4-16(14)20-12)17(23)21-7-2-5-18(24,11-22)6-8-21/h3-4,9-10,22,24H,2,5-8,11H2,1H3. The highest BCUT2D eigenvalue weighted by Gasteiger charge is 2.31. The van der Waals surface area contributed by atoms with Gasteiger partial charge in [-0.1, -0.05) is 11.6 Å². The number of carbonyl (C=O) groups excluding carboxylic acids is 1. The van der Waals surface area contributed by atoms with E-state index in [1.54, 1.807) is 23.1 Å². The van der Waals surface area contributed by atoms with Crippen molar-refractivity contribution in [2.24, 2.45) is 0 Å². The van der Waals surface area contributed by atoms with Gasteiger partial charge in [-0.15, -0.1) is 0 Å². The lowest BCUT2D eigenvalue weighted by Crippen LogP contribution is -2.36. The van der Waals surface area contributed by atoms with Crippen LogP contribution in [0.3, 0.4) is 0 Å². The second-order valence-electron chi connectivity index (χ2n) is 6.50. The molecule has 2 heterocycles. The fourth-order valence-electron chi connectivity index (χ4n) is 3.22. The molecule has 1 fully saturated rings. The number of rotatable bonds is 2. The maximum atomic E-state index is 13.0. The Balaban J connectivity index is 1.95. The summed E-state index contributed by atoms with van der Waals surface area (Å²) in [6, 6.07) is 7.12. The van der Waals surface area contributed by atoms with Gasteiger partial charge in [0, 0.05) is 29.2 Å². The van der Waals surface area contributed by atoms with Gasteiger partial charge in [0.25, 0.3) is 5.91 Å². The number of hydrogen-bond donors (Lipinski definition) is 2. The third-order valence-electron chi connectivity index (χ3n) is 4.63. The Kier molecular flexibility index (Phi) is 4.76. The van der Waals surface area contributed by atoms with Gasteiger partial charge in [0.1, 0.15) is 0 Å². The summed E-state index contributed by atoms with van der Waals surface area (Å²) >= 11 is 6.09. The smallest absolute Gasteiger partial charge is 0.254 e. The Morgan fingerprint density at radius 3 is 2.88 bits per heavy atom. The molecule has 0 bridgehead atoms. The molecule has 2 N–H and O–H groups in total. The van der Waals surface area contributed by atoms with E-state index in [1.165, 1.54) is 0 Å². The highest BCUT2D eigenvalue weighted by molar-refractivity contribution is 6.31. The summed E-state index contributed by atoms with van der Waals surface area (Å²) in [5.41, 5.74) is 1.00. The molecule has 0 aliphatic carbocycles. The van der Waals surface area contributed by atoms with Crippen molar-refractivity contribution in [3.05, 3.63) is 40.5 Å². The van der Waals surface area contributed by atoms with Crippen LogP contribution < -0.4 is 0 Å². The Bertz CT molecular complexity index is 780. The number of carbonyl (C=O) groups is 1. The van der Waals surface area contributed by atoms with Crippen LogP contribution in [0, 0.1) is 6.92 Å². The minimum atomic E-state index is -1.09. The van der Waals surface area contributed by atoms with Gasteiger partial charge in [-0.3, -0.25) is 9.78 Å². The molecular formula is C18H21ClN2O3. The van der Waals surface area contributed by atoms with E-state index in [0.717, 1.165) is 16.6 Å². The van der Waals surface area contributed by atoms with Gasteiger partial charge >= 0.3 is 0 Å². The van der Waals surface area contributed by atoms with E-state index in [4.69, 9.17) is 11.6 Å². The van der Waals surface area contributed by atoms with Gasteiger partial charge in [0.15, 0.2) is 0 Å². The van der Waals surface area contributed by atoms with Crippen molar-refractivity contribution in [2.75, 3.05) is 19.7 Å². The van der Waals surface area contributed by atoms with Crippen LogP contribution in [0.2, 0.25) is 5.02 Å². The number of benzene rings is 1. The number of pyridine rings is 1. The largest absolute Gasteiger partial charge is 0.393 e. The topological polar surface area (TPSA) is 73.7 Å². The van der Waals surface area contributed by atoms with Crippen LogP contribution in [0.4, 0.5) is 0 Å². The molecule has 1 aromatic carbocycles. The van der Waals surface area contributed by atoms with Crippen molar-refractivity contribution in [1.82, 2.24) is 9.88 Å². The van der Waals surface area contributed by atoms with Crippen LogP contribution in [0.15, 0.2) is 24.3 Å². The first-order chi connectivity index (χ1) is 11.4. The Morgan fingerprint density at radius 2 is 2.12 bits per heavy atom. The molecule has 2 aromatic rings. The zero-order valence-electron chi connectivity index (χ0n) is 13.6. The predicted octanol–water partition coefficient (Wildman–Crippen LogP) is 2.55. The normalized spacial score (nSPS) is 21.8. The second-order valence-corrected chi connectivity index (χ2v) is 6.94. The molecule has 5 nitrogen and oxygen atoms in total. The average molecular weight is 349 g/mol. The quantitative estimate of drug-likeness (QED) is 0.874.